The van der Waals surface area contributed by atoms with Crippen LogP contribution in [0.4, 0.5) is 0 Å². The molecule has 0 fully saturated rings. The van der Waals surface area contributed by atoms with Crippen LogP contribution in [-0.4, -0.2) is 163 Å². The number of amides is 9. The van der Waals surface area contributed by atoms with Crippen molar-refractivity contribution in [2.45, 2.75) is 119 Å². The van der Waals surface area contributed by atoms with Gasteiger partial charge in [-0.3, -0.25) is 62.3 Å². The highest BCUT2D eigenvalue weighted by Gasteiger charge is 2.35. The Morgan fingerprint density at radius 2 is 1.15 bits per heavy atom. The summed E-state index contributed by atoms with van der Waals surface area (Å²) in [6, 6.07) is -6.27. The third-order valence-corrected chi connectivity index (χ3v) is 10.7. The number of carbonyl (C=O) groups excluding carboxylic acids is 9. The fourth-order valence-corrected chi connectivity index (χ4v) is 7.23. The SMILES string of the molecule is CC(=O)N[C@H]1Cc2ccccc2SC[C@@H](C(N)=O)NC(=O)[C@H](CCC(=O)O)NC(=O)CNC(=O)[C@H]([C@H](C)O)NC(=O)[C@H](CCC(=O)O)NC(=O)[C@H](CCC(=O)O)NC(=O)[C@H](CC(=O)O)NC1=O. The Morgan fingerprint density at radius 1 is 0.672 bits per heavy atom. The molecule has 27 nitrogen and oxygen atoms in total. The second-order valence-electron chi connectivity index (χ2n) is 15.0. The van der Waals surface area contributed by atoms with E-state index in [9.17, 15) is 87.9 Å². The number of nitrogens with two attached hydrogens (primary N) is 1. The number of hydrogen-bond donors (Lipinski definition) is 14. The number of nitrogens with one attached hydrogen (secondary N) is 8. The van der Waals surface area contributed by atoms with Crippen molar-refractivity contribution >= 4 is 88.8 Å². The third kappa shape index (κ3) is 20.1. The summed E-state index contributed by atoms with van der Waals surface area (Å²) in [6.07, 6.45) is -7.47. The van der Waals surface area contributed by atoms with Gasteiger partial charge in [0.1, 0.15) is 42.3 Å². The van der Waals surface area contributed by atoms with Crippen LogP contribution in [0.3, 0.4) is 0 Å². The summed E-state index contributed by atoms with van der Waals surface area (Å²) in [5, 5.41) is 65.8. The van der Waals surface area contributed by atoms with E-state index in [4.69, 9.17) is 5.73 Å². The van der Waals surface area contributed by atoms with Gasteiger partial charge in [0.15, 0.2) is 0 Å². The Bertz CT molecular complexity index is 2070. The van der Waals surface area contributed by atoms with Gasteiger partial charge < -0.3 is 73.8 Å². The quantitative estimate of drug-likeness (QED) is 0.0828. The summed E-state index contributed by atoms with van der Waals surface area (Å²) in [7, 11) is 0. The summed E-state index contributed by atoms with van der Waals surface area (Å²) >= 11 is 0.926. The van der Waals surface area contributed by atoms with Gasteiger partial charge in [0.05, 0.1) is 19.1 Å². The molecule has 28 heteroatoms. The first-order chi connectivity index (χ1) is 31.4. The number of carboxylic acids is 4. The molecule has 0 unspecified atom stereocenters. The first-order valence-corrected chi connectivity index (χ1v) is 21.3. The van der Waals surface area contributed by atoms with Gasteiger partial charge in [0.25, 0.3) is 0 Å². The van der Waals surface area contributed by atoms with Gasteiger partial charge in [-0.25, -0.2) is 0 Å². The number of rotatable bonds is 14. The largest absolute Gasteiger partial charge is 0.481 e. The first kappa shape index (κ1) is 55.8. The average molecular weight is 968 g/mol. The van der Waals surface area contributed by atoms with E-state index in [2.05, 4.69) is 42.5 Å². The van der Waals surface area contributed by atoms with Crippen LogP contribution in [0.15, 0.2) is 29.2 Å². The summed E-state index contributed by atoms with van der Waals surface area (Å²) in [5.41, 5.74) is 5.91. The Balaban J connectivity index is 2.74. The molecule has 2 rings (SSSR count). The van der Waals surface area contributed by atoms with Crippen LogP contribution in [0.2, 0.25) is 0 Å². The molecule has 0 saturated carbocycles. The minimum absolute atomic E-state index is 0.300. The maximum Gasteiger partial charge on any atom is 0.305 e. The Hall–Kier alpha value is -7.36. The molecule has 1 aromatic rings. The van der Waals surface area contributed by atoms with Gasteiger partial charge in [-0.05, 0) is 37.8 Å². The van der Waals surface area contributed by atoms with E-state index in [-0.39, 0.29) is 12.2 Å². The lowest BCUT2D eigenvalue weighted by molar-refractivity contribution is -0.142. The topological polar surface area (TPSA) is 445 Å². The van der Waals surface area contributed by atoms with Crippen molar-refractivity contribution in [1.82, 2.24) is 42.5 Å². The molecule has 0 radical (unpaired) electrons. The molecule has 0 aromatic heterocycles. The number of aliphatic carboxylic acids is 4. The lowest BCUT2D eigenvalue weighted by Crippen LogP contribution is -2.60. The molecule has 0 bridgehead atoms. The van der Waals surface area contributed by atoms with Gasteiger partial charge in [0, 0.05) is 43.3 Å². The molecule has 67 heavy (non-hydrogen) atoms. The Labute approximate surface area is 384 Å². The molecule has 1 aromatic carbocycles. The van der Waals surface area contributed by atoms with Crippen molar-refractivity contribution in [2.75, 3.05) is 12.3 Å². The van der Waals surface area contributed by atoms with Gasteiger partial charge in [-0.15, -0.1) is 11.8 Å². The van der Waals surface area contributed by atoms with E-state index in [0.717, 1.165) is 25.6 Å². The van der Waals surface area contributed by atoms with E-state index in [1.807, 2.05) is 0 Å². The number of benzene rings is 1. The van der Waals surface area contributed by atoms with Gasteiger partial charge in [-0.1, -0.05) is 18.2 Å². The van der Waals surface area contributed by atoms with E-state index in [0.29, 0.717) is 10.5 Å². The number of aliphatic hydroxyl groups excluding tert-OH is 1. The number of aliphatic hydroxyl groups is 1. The number of primary amides is 1. The van der Waals surface area contributed by atoms with Gasteiger partial charge >= 0.3 is 23.9 Å². The summed E-state index contributed by atoms with van der Waals surface area (Å²) < 4.78 is 0. The standard InChI is InChI=1S/C39H53N9O18S/c1-17(49)32-39(66)41-15-27(51)43-20(7-10-28(52)53)34(61)47-25(33(40)60)16-67-26-6-4-3-5-19(26)13-23(42-18(2)50)37(64)46-24(14-31(58)59)38(65)45-21(8-11-29(54)55)35(62)44-22(36(63)48-32)9-12-30(56)57/h3-6,17,20-25,32,49H,7-16H2,1-2H3,(H2,40,60)(H,41,66)(H,42,50)(H,43,51)(H,44,62)(H,45,65)(H,46,64)(H,47,61)(H,48,63)(H,52,53)(H,54,55)(H,56,57)(H,58,59)/t17-,20-,21-,22-,23-,24-,25-,32-/m0/s1. The number of fused-ring (bicyclic) bond motifs is 1. The van der Waals surface area contributed by atoms with Crippen molar-refractivity contribution in [2.24, 2.45) is 5.73 Å². The molecule has 1 aliphatic rings. The number of thioether (sulfide) groups is 1. The monoisotopic (exact) mass is 967 g/mol. The van der Waals surface area contributed by atoms with Crippen molar-refractivity contribution in [3.05, 3.63) is 29.8 Å². The molecule has 368 valence electrons. The van der Waals surface area contributed by atoms with E-state index >= 15 is 0 Å². The summed E-state index contributed by atoms with van der Waals surface area (Å²) in [5.74, 6) is -16.7. The van der Waals surface area contributed by atoms with Crippen molar-refractivity contribution in [3.8, 4) is 0 Å². The van der Waals surface area contributed by atoms with Crippen LogP contribution in [0.1, 0.15) is 64.4 Å². The molecule has 9 amide bonds. The summed E-state index contributed by atoms with van der Waals surface area (Å²) in [6.45, 7) is 1.12. The van der Waals surface area contributed by atoms with Crippen molar-refractivity contribution in [1.29, 1.82) is 0 Å². The smallest absolute Gasteiger partial charge is 0.305 e. The lowest BCUT2D eigenvalue weighted by Gasteiger charge is -2.27. The zero-order valence-corrected chi connectivity index (χ0v) is 36.8. The fourth-order valence-electron chi connectivity index (χ4n) is 6.12. The molecule has 8 atom stereocenters. The molecule has 15 N–H and O–H groups in total. The number of carboxylic acid groups (broad SMARTS) is 4. The first-order valence-electron chi connectivity index (χ1n) is 20.3. The van der Waals surface area contributed by atoms with Crippen LogP contribution in [0.25, 0.3) is 0 Å². The van der Waals surface area contributed by atoms with Gasteiger partial charge in [0.2, 0.25) is 53.2 Å². The summed E-state index contributed by atoms with van der Waals surface area (Å²) in [4.78, 5) is 166. The van der Waals surface area contributed by atoms with E-state index in [1.165, 1.54) is 18.2 Å². The van der Waals surface area contributed by atoms with Crippen LogP contribution < -0.4 is 48.3 Å². The molecule has 1 heterocycles. The predicted octanol–water partition coefficient (Wildman–Crippen LogP) is -5.20. The average Bonchev–Trinajstić information content (AvgIpc) is 3.23. The third-order valence-electron chi connectivity index (χ3n) is 9.51. The van der Waals surface area contributed by atoms with Crippen molar-refractivity contribution < 1.29 is 87.9 Å². The van der Waals surface area contributed by atoms with E-state index in [1.54, 1.807) is 6.07 Å². The maximum absolute atomic E-state index is 13.8. The minimum atomic E-state index is -2.01. The second-order valence-corrected chi connectivity index (χ2v) is 16.0. The molecule has 0 spiro atoms. The highest BCUT2D eigenvalue weighted by molar-refractivity contribution is 7.99. The number of hydrogen-bond acceptors (Lipinski definition) is 15. The predicted molar refractivity (Wildman–Crippen MR) is 227 cm³/mol. The molecular formula is C39H53N9O18S. The molecule has 0 aliphatic carbocycles. The van der Waals surface area contributed by atoms with Crippen LogP contribution in [0, 0.1) is 0 Å². The maximum atomic E-state index is 13.8. The highest BCUT2D eigenvalue weighted by Crippen LogP contribution is 2.25. The van der Waals surface area contributed by atoms with Crippen LogP contribution in [0.5, 0.6) is 0 Å². The minimum Gasteiger partial charge on any atom is -0.481 e. The lowest BCUT2D eigenvalue weighted by atomic mass is 10.0. The molecule has 0 saturated heterocycles. The Kier molecular flexibility index (Phi) is 22.6. The van der Waals surface area contributed by atoms with Gasteiger partial charge in [-0.2, -0.15) is 0 Å². The zero-order chi connectivity index (χ0) is 50.5. The van der Waals surface area contributed by atoms with Crippen LogP contribution >= 0.6 is 11.8 Å². The zero-order valence-electron chi connectivity index (χ0n) is 36.0. The highest BCUT2D eigenvalue weighted by atomic mass is 32.2. The van der Waals surface area contributed by atoms with Crippen molar-refractivity contribution in [3.63, 3.8) is 0 Å². The second kappa shape index (κ2) is 27.2. The van der Waals surface area contributed by atoms with Crippen LogP contribution in [-0.2, 0) is 68.7 Å². The van der Waals surface area contributed by atoms with E-state index < -0.39 is 177 Å². The number of carbonyl (C=O) groups is 13. The molecule has 1 aliphatic heterocycles. The normalized spacial score (nSPS) is 23.6. The Morgan fingerprint density at radius 3 is 1.64 bits per heavy atom. The fraction of sp³-hybridized carbons (Fsp3) is 0.513. The molecular weight excluding hydrogens is 915 g/mol.